The van der Waals surface area contributed by atoms with Crippen molar-refractivity contribution in [1.82, 2.24) is 4.98 Å². The highest BCUT2D eigenvalue weighted by molar-refractivity contribution is 7.80. The number of hydrogen-bond donors (Lipinski definition) is 1. The molecule has 1 aliphatic rings. The van der Waals surface area contributed by atoms with Crippen molar-refractivity contribution < 1.29 is 0 Å². The first-order chi connectivity index (χ1) is 15.8. The van der Waals surface area contributed by atoms with Crippen molar-refractivity contribution in [1.29, 1.82) is 0 Å². The Hall–Kier alpha value is -3.82. The smallest absolute Gasteiger partial charge is 0.0842 e. The lowest BCUT2D eigenvalue weighted by molar-refractivity contribution is 1.25. The molecule has 32 heavy (non-hydrogen) atoms. The van der Waals surface area contributed by atoms with E-state index in [1.165, 1.54) is 27.5 Å². The lowest BCUT2D eigenvalue weighted by atomic mass is 9.92. The molecule has 3 heteroatoms. The first kappa shape index (κ1) is 18.9. The van der Waals surface area contributed by atoms with E-state index >= 15 is 0 Å². The van der Waals surface area contributed by atoms with Crippen molar-refractivity contribution in [2.24, 2.45) is 0 Å². The van der Waals surface area contributed by atoms with Crippen molar-refractivity contribution in [3.8, 4) is 33.6 Å². The van der Waals surface area contributed by atoms with Crippen LogP contribution in [0.5, 0.6) is 0 Å². The minimum Gasteiger partial charge on any atom is -0.349 e. The number of pyridine rings is 1. The molecule has 1 N–H and O–H groups in total. The van der Waals surface area contributed by atoms with E-state index in [9.17, 15) is 0 Å². The number of nitrogens with zero attached hydrogens (tertiary/aromatic N) is 1. The molecular weight excluding hydrogens is 408 g/mol. The van der Waals surface area contributed by atoms with Crippen LogP contribution in [0, 0.1) is 0 Å². The van der Waals surface area contributed by atoms with E-state index in [2.05, 4.69) is 102 Å². The first-order valence-electron chi connectivity index (χ1n) is 10.7. The van der Waals surface area contributed by atoms with Gasteiger partial charge in [0.15, 0.2) is 0 Å². The minimum atomic E-state index is 0.661. The van der Waals surface area contributed by atoms with Crippen LogP contribution in [0.2, 0.25) is 0 Å². The van der Waals surface area contributed by atoms with Gasteiger partial charge < -0.3 is 5.32 Å². The van der Waals surface area contributed by atoms with Crippen LogP contribution in [-0.4, -0.2) is 9.97 Å². The average Bonchev–Trinajstić information content (AvgIpc) is 2.99. The summed E-state index contributed by atoms with van der Waals surface area (Å²) in [6, 6.07) is 36.0. The topological polar surface area (TPSA) is 24.9 Å². The lowest BCUT2D eigenvalue weighted by Gasteiger charge is -2.16. The van der Waals surface area contributed by atoms with Gasteiger partial charge in [-0.05, 0) is 45.7 Å². The quantitative estimate of drug-likeness (QED) is 0.294. The summed E-state index contributed by atoms with van der Waals surface area (Å²) >= 11 is 5.69. The number of benzene rings is 4. The predicted molar refractivity (Wildman–Crippen MR) is 138 cm³/mol. The molecule has 0 amide bonds. The summed E-state index contributed by atoms with van der Waals surface area (Å²) in [7, 11) is 0. The Bertz CT molecular complexity index is 1490. The Morgan fingerprint density at radius 1 is 0.656 bits per heavy atom. The maximum atomic E-state index is 5.69. The molecule has 1 aromatic heterocycles. The maximum absolute atomic E-state index is 5.69. The molecule has 5 aromatic rings. The Kier molecular flexibility index (Phi) is 4.55. The number of nitrogens with one attached hydrogen (secondary N) is 1. The van der Waals surface area contributed by atoms with Crippen LogP contribution in [-0.2, 0) is 6.42 Å². The van der Waals surface area contributed by atoms with Gasteiger partial charge in [-0.2, -0.15) is 0 Å². The van der Waals surface area contributed by atoms with E-state index in [0.29, 0.717) is 6.42 Å². The van der Waals surface area contributed by atoms with Gasteiger partial charge >= 0.3 is 0 Å². The fourth-order valence-electron chi connectivity index (χ4n) is 4.50. The van der Waals surface area contributed by atoms with E-state index < -0.39 is 0 Å². The van der Waals surface area contributed by atoms with Crippen molar-refractivity contribution in [3.63, 3.8) is 0 Å². The van der Waals surface area contributed by atoms with Gasteiger partial charge in [-0.3, -0.25) is 0 Å². The van der Waals surface area contributed by atoms with Crippen molar-refractivity contribution in [2.45, 2.75) is 6.42 Å². The SMILES string of the molecule is S=C1Cc2c(-c3ccccc3)cc(-c3ccc4ccccc4c3)nc2-c2ccccc2N1. The van der Waals surface area contributed by atoms with Gasteiger partial charge in [0.25, 0.3) is 0 Å². The molecule has 6 rings (SSSR count). The summed E-state index contributed by atoms with van der Waals surface area (Å²) in [6.45, 7) is 0. The first-order valence-corrected chi connectivity index (χ1v) is 11.1. The molecule has 0 bridgehead atoms. The third-order valence-electron chi connectivity index (χ3n) is 6.05. The molecule has 0 aliphatic carbocycles. The Balaban J connectivity index is 1.66. The molecule has 0 saturated heterocycles. The van der Waals surface area contributed by atoms with Crippen molar-refractivity contribution in [2.75, 3.05) is 5.32 Å². The zero-order valence-corrected chi connectivity index (χ0v) is 18.2. The van der Waals surface area contributed by atoms with Crippen LogP contribution in [0.25, 0.3) is 44.4 Å². The zero-order valence-electron chi connectivity index (χ0n) is 17.4. The number of anilines is 1. The summed E-state index contributed by atoms with van der Waals surface area (Å²) in [5.41, 5.74) is 8.70. The normalized spacial score (nSPS) is 12.6. The molecule has 4 aromatic carbocycles. The Morgan fingerprint density at radius 2 is 1.41 bits per heavy atom. The monoisotopic (exact) mass is 428 g/mol. The second-order valence-electron chi connectivity index (χ2n) is 8.08. The second-order valence-corrected chi connectivity index (χ2v) is 8.57. The summed E-state index contributed by atoms with van der Waals surface area (Å²) in [6.07, 6.45) is 0.661. The molecule has 2 nitrogen and oxygen atoms in total. The highest BCUT2D eigenvalue weighted by Crippen LogP contribution is 2.40. The van der Waals surface area contributed by atoms with E-state index in [-0.39, 0.29) is 0 Å². The van der Waals surface area contributed by atoms with Crippen LogP contribution >= 0.6 is 12.2 Å². The van der Waals surface area contributed by atoms with Gasteiger partial charge in [0, 0.05) is 23.2 Å². The van der Waals surface area contributed by atoms with E-state index in [1.807, 2.05) is 6.07 Å². The molecule has 2 heterocycles. The standard InChI is InChI=1S/C29H20N2S/c32-28-18-25-24(20-9-2-1-3-10-20)17-27(22-15-14-19-8-4-5-11-21(19)16-22)31-29(25)23-12-6-7-13-26(23)30-28/h1-17H,18H2,(H,30,32). The fraction of sp³-hybridized carbons (Fsp3) is 0.0345. The number of rotatable bonds is 2. The molecule has 0 unspecified atom stereocenters. The molecular formula is C29H20N2S. The average molecular weight is 429 g/mol. The van der Waals surface area contributed by atoms with Crippen LogP contribution in [0.1, 0.15) is 5.56 Å². The van der Waals surface area contributed by atoms with Crippen LogP contribution in [0.3, 0.4) is 0 Å². The van der Waals surface area contributed by atoms with Gasteiger partial charge in [-0.1, -0.05) is 97.1 Å². The largest absolute Gasteiger partial charge is 0.349 e. The van der Waals surface area contributed by atoms with E-state index in [4.69, 9.17) is 17.2 Å². The molecule has 1 aliphatic heterocycles. The van der Waals surface area contributed by atoms with E-state index in [1.54, 1.807) is 0 Å². The number of thiocarbonyl (C=S) groups is 1. The fourth-order valence-corrected chi connectivity index (χ4v) is 4.75. The van der Waals surface area contributed by atoms with Crippen LogP contribution in [0.15, 0.2) is 103 Å². The molecule has 0 radical (unpaired) electrons. The van der Waals surface area contributed by atoms with Gasteiger partial charge in [0.05, 0.1) is 16.4 Å². The summed E-state index contributed by atoms with van der Waals surface area (Å²) in [5.74, 6) is 0. The van der Waals surface area contributed by atoms with E-state index in [0.717, 1.165) is 33.2 Å². The summed E-state index contributed by atoms with van der Waals surface area (Å²) in [4.78, 5) is 6.03. The number of fused-ring (bicyclic) bond motifs is 4. The minimum absolute atomic E-state index is 0.661. The Morgan fingerprint density at radius 3 is 2.28 bits per heavy atom. The number of para-hydroxylation sites is 1. The highest BCUT2D eigenvalue weighted by atomic mass is 32.1. The van der Waals surface area contributed by atoms with Crippen LogP contribution < -0.4 is 5.32 Å². The van der Waals surface area contributed by atoms with Gasteiger partial charge in [0.2, 0.25) is 0 Å². The third-order valence-corrected chi connectivity index (χ3v) is 6.29. The maximum Gasteiger partial charge on any atom is 0.0842 e. The van der Waals surface area contributed by atoms with Gasteiger partial charge in [-0.25, -0.2) is 4.98 Å². The second kappa shape index (κ2) is 7.70. The molecule has 0 fully saturated rings. The molecule has 0 spiro atoms. The van der Waals surface area contributed by atoms with Crippen molar-refractivity contribution >= 4 is 33.7 Å². The highest BCUT2D eigenvalue weighted by Gasteiger charge is 2.22. The molecule has 0 saturated carbocycles. The number of aromatic nitrogens is 1. The number of hydrogen-bond acceptors (Lipinski definition) is 2. The van der Waals surface area contributed by atoms with Crippen molar-refractivity contribution in [3.05, 3.63) is 109 Å². The Labute approximate surface area is 192 Å². The zero-order chi connectivity index (χ0) is 21.5. The molecule has 152 valence electrons. The predicted octanol–water partition coefficient (Wildman–Crippen LogP) is 7.53. The molecule has 0 atom stereocenters. The summed E-state index contributed by atoms with van der Waals surface area (Å²) in [5, 5.41) is 5.87. The van der Waals surface area contributed by atoms with Gasteiger partial charge in [-0.15, -0.1) is 0 Å². The summed E-state index contributed by atoms with van der Waals surface area (Å²) < 4.78 is 0. The van der Waals surface area contributed by atoms with Crippen LogP contribution in [0.4, 0.5) is 5.69 Å². The van der Waals surface area contributed by atoms with Gasteiger partial charge in [0.1, 0.15) is 0 Å². The lowest BCUT2D eigenvalue weighted by Crippen LogP contribution is -2.10. The third kappa shape index (κ3) is 3.28.